The van der Waals surface area contributed by atoms with E-state index in [1.54, 1.807) is 0 Å². The van der Waals surface area contributed by atoms with E-state index < -0.39 is 31.3 Å². The molecule has 0 aliphatic carbocycles. The van der Waals surface area contributed by atoms with Gasteiger partial charge in [0.1, 0.15) is 5.75 Å². The lowest BCUT2D eigenvalue weighted by atomic mass is 10.3. The molecule has 2 N–H and O–H groups in total. The Bertz CT molecular complexity index is 807. The van der Waals surface area contributed by atoms with Crippen molar-refractivity contribution in [3.05, 3.63) is 58.4 Å². The Balaban J connectivity index is 2.40. The Hall–Kier alpha value is -2.68. The topological polar surface area (TPSA) is 110 Å². The number of nitrogens with zero attached hydrogens (tertiary/aromatic N) is 1. The van der Waals surface area contributed by atoms with Crippen LogP contribution in [0.3, 0.4) is 0 Å². The molecule has 0 saturated heterocycles. The zero-order chi connectivity index (χ0) is 15.6. The maximum atomic E-state index is 13.2. The fourth-order valence-corrected chi connectivity index (χ4v) is 2.65. The maximum Gasteiger partial charge on any atom is 0.306 e. The summed E-state index contributed by atoms with van der Waals surface area (Å²) in [4.78, 5) is 9.15. The largest absolute Gasteiger partial charge is 0.508 e. The van der Waals surface area contributed by atoms with Crippen molar-refractivity contribution < 1.29 is 22.8 Å². The Morgan fingerprint density at radius 1 is 1.19 bits per heavy atom. The molecule has 0 atom stereocenters. The van der Waals surface area contributed by atoms with Crippen molar-refractivity contribution in [2.24, 2.45) is 0 Å². The summed E-state index contributed by atoms with van der Waals surface area (Å²) in [7, 11) is -4.14. The predicted molar refractivity (Wildman–Crippen MR) is 72.0 cm³/mol. The number of anilines is 1. The molecule has 0 heterocycles. The van der Waals surface area contributed by atoms with Gasteiger partial charge in [-0.25, -0.2) is 8.42 Å². The lowest BCUT2D eigenvalue weighted by Gasteiger charge is -2.08. The highest BCUT2D eigenvalue weighted by Gasteiger charge is 2.21. The standard InChI is InChI=1S/C12H9FN2O5S/c13-11-5-4-10(7-12(11)15(17)18)21(19,20)14-8-2-1-3-9(16)6-8/h1-7,14,16H. The van der Waals surface area contributed by atoms with Gasteiger partial charge < -0.3 is 5.11 Å². The molecule has 0 spiro atoms. The van der Waals surface area contributed by atoms with Crippen molar-refractivity contribution in [1.82, 2.24) is 0 Å². The van der Waals surface area contributed by atoms with Crippen molar-refractivity contribution in [3.63, 3.8) is 0 Å². The van der Waals surface area contributed by atoms with Crippen molar-refractivity contribution in [2.75, 3.05) is 4.72 Å². The number of nitro groups is 1. The summed E-state index contributed by atoms with van der Waals surface area (Å²) in [5.41, 5.74) is -0.865. The zero-order valence-corrected chi connectivity index (χ0v) is 11.2. The van der Waals surface area contributed by atoms with Gasteiger partial charge >= 0.3 is 5.69 Å². The third-order valence-corrected chi connectivity index (χ3v) is 3.90. The van der Waals surface area contributed by atoms with E-state index in [0.717, 1.165) is 12.1 Å². The number of sulfonamides is 1. The van der Waals surface area contributed by atoms with Gasteiger partial charge in [0.15, 0.2) is 0 Å². The van der Waals surface area contributed by atoms with Crippen molar-refractivity contribution in [2.45, 2.75) is 4.90 Å². The normalized spacial score (nSPS) is 11.1. The predicted octanol–water partition coefficient (Wildman–Crippen LogP) is 2.24. The summed E-state index contributed by atoms with van der Waals surface area (Å²) in [6.45, 7) is 0. The van der Waals surface area contributed by atoms with Crippen molar-refractivity contribution in [3.8, 4) is 5.75 Å². The smallest absolute Gasteiger partial charge is 0.306 e. The number of aromatic hydroxyl groups is 1. The average molecular weight is 312 g/mol. The fraction of sp³-hybridized carbons (Fsp3) is 0. The minimum atomic E-state index is -4.14. The number of nitro benzene ring substituents is 1. The van der Waals surface area contributed by atoms with Gasteiger partial charge in [0.2, 0.25) is 5.82 Å². The lowest BCUT2D eigenvalue weighted by molar-refractivity contribution is -0.387. The van der Waals surface area contributed by atoms with Crippen LogP contribution in [0, 0.1) is 15.9 Å². The lowest BCUT2D eigenvalue weighted by Crippen LogP contribution is -2.13. The average Bonchev–Trinajstić information content (AvgIpc) is 2.38. The molecule has 2 rings (SSSR count). The van der Waals surface area contributed by atoms with Crippen molar-refractivity contribution >= 4 is 21.4 Å². The number of hydrogen-bond acceptors (Lipinski definition) is 5. The van der Waals surface area contributed by atoms with Crippen LogP contribution in [0.15, 0.2) is 47.4 Å². The molecule has 0 aromatic heterocycles. The highest BCUT2D eigenvalue weighted by Crippen LogP contribution is 2.24. The first-order valence-electron chi connectivity index (χ1n) is 5.55. The van der Waals surface area contributed by atoms with Gasteiger partial charge in [0.25, 0.3) is 10.0 Å². The van der Waals surface area contributed by atoms with Crippen LogP contribution in [0.1, 0.15) is 0 Å². The zero-order valence-electron chi connectivity index (χ0n) is 10.4. The second kappa shape index (κ2) is 5.37. The van der Waals surface area contributed by atoms with E-state index in [0.29, 0.717) is 12.1 Å². The van der Waals surface area contributed by atoms with Crippen LogP contribution in [-0.2, 0) is 10.0 Å². The molecule has 0 radical (unpaired) electrons. The Morgan fingerprint density at radius 3 is 2.52 bits per heavy atom. The van der Waals surface area contributed by atoms with Crippen molar-refractivity contribution in [1.29, 1.82) is 0 Å². The van der Waals surface area contributed by atoms with E-state index in [-0.39, 0.29) is 11.4 Å². The van der Waals surface area contributed by atoms with Gasteiger partial charge in [0, 0.05) is 12.1 Å². The van der Waals surface area contributed by atoms with Crippen LogP contribution in [0.4, 0.5) is 15.8 Å². The van der Waals surface area contributed by atoms with Gasteiger partial charge in [-0.15, -0.1) is 0 Å². The minimum absolute atomic E-state index is 0.0713. The van der Waals surface area contributed by atoms with Crippen LogP contribution < -0.4 is 4.72 Å². The van der Waals surface area contributed by atoms with E-state index in [9.17, 15) is 28.0 Å². The van der Waals surface area contributed by atoms with E-state index in [1.807, 2.05) is 0 Å². The maximum absolute atomic E-state index is 13.2. The molecule has 9 heteroatoms. The van der Waals surface area contributed by atoms with Gasteiger partial charge in [-0.1, -0.05) is 6.07 Å². The van der Waals surface area contributed by atoms with Gasteiger partial charge in [0.05, 0.1) is 15.5 Å². The van der Waals surface area contributed by atoms with Gasteiger partial charge in [-0.05, 0) is 24.3 Å². The second-order valence-electron chi connectivity index (χ2n) is 4.03. The third kappa shape index (κ3) is 3.26. The molecule has 0 amide bonds. The molecule has 0 aliphatic heterocycles. The van der Waals surface area contributed by atoms with Crippen LogP contribution in [0.2, 0.25) is 0 Å². The van der Waals surface area contributed by atoms with Crippen LogP contribution in [0.25, 0.3) is 0 Å². The summed E-state index contributed by atoms with van der Waals surface area (Å²) in [5.74, 6) is -1.28. The van der Waals surface area contributed by atoms with Gasteiger partial charge in [-0.2, -0.15) is 4.39 Å². The molecule has 110 valence electrons. The molecule has 2 aromatic rings. The van der Waals surface area contributed by atoms with Crippen LogP contribution in [0.5, 0.6) is 5.75 Å². The summed E-state index contributed by atoms with van der Waals surface area (Å²) in [5, 5.41) is 19.9. The fourth-order valence-electron chi connectivity index (χ4n) is 1.58. The molecule has 0 bridgehead atoms. The monoisotopic (exact) mass is 312 g/mol. The first kappa shape index (κ1) is 14.7. The Kier molecular flexibility index (Phi) is 3.76. The molecular weight excluding hydrogens is 303 g/mol. The molecule has 0 aliphatic rings. The SMILES string of the molecule is O=[N+]([O-])c1cc(S(=O)(=O)Nc2cccc(O)c2)ccc1F. The second-order valence-corrected chi connectivity index (χ2v) is 5.71. The third-order valence-electron chi connectivity index (χ3n) is 2.52. The Labute approximate surface area is 118 Å². The summed E-state index contributed by atoms with van der Waals surface area (Å²) >= 11 is 0. The summed E-state index contributed by atoms with van der Waals surface area (Å²) in [6.07, 6.45) is 0. The number of hydrogen-bond donors (Lipinski definition) is 2. The number of halogens is 1. The summed E-state index contributed by atoms with van der Waals surface area (Å²) in [6, 6.07) is 7.55. The number of phenolic OH excluding ortho intramolecular Hbond substituents is 1. The number of phenols is 1. The van der Waals surface area contributed by atoms with E-state index in [4.69, 9.17) is 0 Å². The highest BCUT2D eigenvalue weighted by atomic mass is 32.2. The quantitative estimate of drug-likeness (QED) is 0.664. The molecule has 0 saturated carbocycles. The highest BCUT2D eigenvalue weighted by molar-refractivity contribution is 7.92. The van der Waals surface area contributed by atoms with E-state index >= 15 is 0 Å². The first-order chi connectivity index (χ1) is 9.79. The summed E-state index contributed by atoms with van der Waals surface area (Å²) < 4.78 is 39.4. The molecular formula is C12H9FN2O5S. The van der Waals surface area contributed by atoms with Crippen LogP contribution in [-0.4, -0.2) is 18.4 Å². The number of benzene rings is 2. The molecule has 0 fully saturated rings. The van der Waals surface area contributed by atoms with Gasteiger partial charge in [-0.3, -0.25) is 14.8 Å². The first-order valence-corrected chi connectivity index (χ1v) is 7.04. The number of nitrogens with one attached hydrogen (secondary N) is 1. The number of rotatable bonds is 4. The van der Waals surface area contributed by atoms with E-state index in [1.165, 1.54) is 18.2 Å². The van der Waals surface area contributed by atoms with E-state index in [2.05, 4.69) is 4.72 Å². The molecule has 0 unspecified atom stereocenters. The molecule has 7 nitrogen and oxygen atoms in total. The molecule has 21 heavy (non-hydrogen) atoms. The Morgan fingerprint density at radius 2 is 1.90 bits per heavy atom. The molecule has 2 aromatic carbocycles. The van der Waals surface area contributed by atoms with Crippen LogP contribution >= 0.6 is 0 Å². The minimum Gasteiger partial charge on any atom is -0.508 e.